The number of nitrogens with zero attached hydrogens (tertiary/aromatic N) is 4. The molecule has 63 heavy (non-hydrogen) atoms. The van der Waals surface area contributed by atoms with Gasteiger partial charge in [0.1, 0.15) is 0 Å². The van der Waals surface area contributed by atoms with Crippen LogP contribution in [0.1, 0.15) is 0 Å². The largest absolute Gasteiger partial charge is 0.247 e. The van der Waals surface area contributed by atoms with E-state index in [-0.39, 0.29) is 0 Å². The van der Waals surface area contributed by atoms with Gasteiger partial charge in [-0.25, -0.2) is 19.9 Å². The molecule has 0 spiro atoms. The van der Waals surface area contributed by atoms with Gasteiger partial charge < -0.3 is 0 Å². The summed E-state index contributed by atoms with van der Waals surface area (Å²) in [7, 11) is 0. The number of fused-ring (bicyclic) bond motifs is 6. The Morgan fingerprint density at radius 2 is 0.778 bits per heavy atom. The maximum Gasteiger partial charge on any atom is 0.164 e. The van der Waals surface area contributed by atoms with Crippen molar-refractivity contribution < 1.29 is 0 Å². The number of rotatable bonds is 7. The minimum atomic E-state index is 0.623. The molecule has 0 amide bonds. The summed E-state index contributed by atoms with van der Waals surface area (Å²) >= 11 is 1.85. The van der Waals surface area contributed by atoms with E-state index in [1.807, 2.05) is 35.6 Å². The third-order valence-corrected chi connectivity index (χ3v) is 13.1. The molecule has 0 saturated carbocycles. The minimum absolute atomic E-state index is 0.623. The lowest BCUT2D eigenvalue weighted by molar-refractivity contribution is 1.07. The molecule has 0 fully saturated rings. The van der Waals surface area contributed by atoms with Crippen LogP contribution in [0, 0.1) is 0 Å². The van der Waals surface area contributed by atoms with Gasteiger partial charge in [0.25, 0.3) is 0 Å². The molecule has 12 rings (SSSR count). The molecule has 12 aromatic rings. The average Bonchev–Trinajstić information content (AvgIpc) is 3.76. The van der Waals surface area contributed by atoms with E-state index in [4.69, 9.17) is 19.9 Å². The van der Waals surface area contributed by atoms with Gasteiger partial charge in [-0.2, -0.15) is 0 Å². The summed E-state index contributed by atoms with van der Waals surface area (Å²) in [6.07, 6.45) is 0. The fraction of sp³-hybridized carbons (Fsp3) is 0. The normalized spacial score (nSPS) is 11.5. The van der Waals surface area contributed by atoms with Crippen LogP contribution in [0.4, 0.5) is 0 Å². The van der Waals surface area contributed by atoms with Gasteiger partial charge in [0, 0.05) is 58.6 Å². The van der Waals surface area contributed by atoms with Gasteiger partial charge in [0.05, 0.1) is 11.2 Å². The highest BCUT2D eigenvalue weighted by Gasteiger charge is 2.17. The van der Waals surface area contributed by atoms with E-state index in [1.165, 1.54) is 36.7 Å². The molecule has 0 bridgehead atoms. The Hall–Kier alpha value is -8.12. The summed E-state index contributed by atoms with van der Waals surface area (Å²) in [6, 6.07) is 76.9. The summed E-state index contributed by atoms with van der Waals surface area (Å²) in [5.41, 5.74) is 12.7. The van der Waals surface area contributed by atoms with Gasteiger partial charge in [0.15, 0.2) is 17.5 Å². The third kappa shape index (κ3) is 6.63. The van der Waals surface area contributed by atoms with Crippen LogP contribution in [0.25, 0.3) is 121 Å². The Balaban J connectivity index is 0.938. The van der Waals surface area contributed by atoms with Gasteiger partial charge in [-0.15, -0.1) is 11.3 Å². The highest BCUT2D eigenvalue weighted by atomic mass is 32.1. The smallest absolute Gasteiger partial charge is 0.164 e. The van der Waals surface area contributed by atoms with Crippen molar-refractivity contribution in [3.05, 3.63) is 218 Å². The van der Waals surface area contributed by atoms with Crippen molar-refractivity contribution in [3.8, 4) is 78.8 Å². The molecule has 0 aliphatic rings. The van der Waals surface area contributed by atoms with E-state index in [0.29, 0.717) is 17.5 Å². The molecular formula is C58H36N4S. The molecule has 9 aromatic carbocycles. The fourth-order valence-electron chi connectivity index (χ4n) is 8.89. The lowest BCUT2D eigenvalue weighted by atomic mass is 9.91. The highest BCUT2D eigenvalue weighted by molar-refractivity contribution is 7.26. The van der Waals surface area contributed by atoms with E-state index >= 15 is 0 Å². The predicted octanol–water partition coefficient (Wildman–Crippen LogP) is 15.6. The second kappa shape index (κ2) is 15.4. The maximum atomic E-state index is 5.18. The maximum absolute atomic E-state index is 5.18. The zero-order chi connectivity index (χ0) is 41.7. The predicted molar refractivity (Wildman–Crippen MR) is 264 cm³/mol. The van der Waals surface area contributed by atoms with Crippen LogP contribution in [0.2, 0.25) is 0 Å². The third-order valence-electron chi connectivity index (χ3n) is 11.9. The van der Waals surface area contributed by atoms with E-state index in [2.05, 4.69) is 194 Å². The van der Waals surface area contributed by atoms with Gasteiger partial charge in [-0.3, -0.25) is 0 Å². The van der Waals surface area contributed by atoms with Crippen LogP contribution in [0.15, 0.2) is 218 Å². The molecule has 0 unspecified atom stereocenters. The summed E-state index contributed by atoms with van der Waals surface area (Å²) in [5, 5.41) is 6.06. The fourth-order valence-corrected chi connectivity index (χ4v) is 10.1. The number of pyridine rings is 1. The van der Waals surface area contributed by atoms with Gasteiger partial charge >= 0.3 is 0 Å². The van der Waals surface area contributed by atoms with E-state index in [0.717, 1.165) is 66.5 Å². The van der Waals surface area contributed by atoms with Crippen LogP contribution in [-0.2, 0) is 0 Å². The summed E-state index contributed by atoms with van der Waals surface area (Å²) in [6.45, 7) is 0. The van der Waals surface area contributed by atoms with Crippen molar-refractivity contribution in [2.24, 2.45) is 0 Å². The summed E-state index contributed by atoms with van der Waals surface area (Å²) < 4.78 is 2.60. The van der Waals surface area contributed by atoms with Crippen LogP contribution in [-0.4, -0.2) is 19.9 Å². The molecule has 4 nitrogen and oxygen atoms in total. The highest BCUT2D eigenvalue weighted by Crippen LogP contribution is 2.42. The Morgan fingerprint density at radius 1 is 0.286 bits per heavy atom. The van der Waals surface area contributed by atoms with Gasteiger partial charge in [-0.1, -0.05) is 194 Å². The topological polar surface area (TPSA) is 51.6 Å². The second-order valence-electron chi connectivity index (χ2n) is 15.8. The van der Waals surface area contributed by atoms with Crippen LogP contribution >= 0.6 is 11.3 Å². The number of thiophene rings is 1. The molecule has 0 aliphatic heterocycles. The van der Waals surface area contributed by atoms with E-state index < -0.39 is 0 Å². The first kappa shape index (κ1) is 36.7. The quantitative estimate of drug-likeness (QED) is 0.150. The van der Waals surface area contributed by atoms with E-state index in [9.17, 15) is 0 Å². The van der Waals surface area contributed by atoms with Crippen LogP contribution < -0.4 is 0 Å². The number of aromatic nitrogens is 4. The Labute approximate surface area is 368 Å². The lowest BCUT2D eigenvalue weighted by Crippen LogP contribution is -2.00. The lowest BCUT2D eigenvalue weighted by Gasteiger charge is -2.15. The molecule has 0 aliphatic carbocycles. The number of hydrogen-bond donors (Lipinski definition) is 0. The molecule has 3 aromatic heterocycles. The number of benzene rings is 9. The van der Waals surface area contributed by atoms with Crippen molar-refractivity contribution in [2.45, 2.75) is 0 Å². The van der Waals surface area contributed by atoms with Crippen molar-refractivity contribution in [3.63, 3.8) is 0 Å². The molecule has 0 atom stereocenters. The Kier molecular flexibility index (Phi) is 8.98. The molecular weight excluding hydrogens is 785 g/mol. The summed E-state index contributed by atoms with van der Waals surface area (Å²) in [5.74, 6) is 1.89. The average molecular weight is 821 g/mol. The molecule has 0 saturated heterocycles. The zero-order valence-corrected chi connectivity index (χ0v) is 34.8. The monoisotopic (exact) mass is 820 g/mol. The van der Waals surface area contributed by atoms with Gasteiger partial charge in [-0.05, 0) is 57.6 Å². The molecule has 0 radical (unpaired) electrons. The number of hydrogen-bond acceptors (Lipinski definition) is 5. The van der Waals surface area contributed by atoms with Crippen molar-refractivity contribution >= 4 is 53.2 Å². The second-order valence-corrected chi connectivity index (χ2v) is 16.8. The Bertz CT molecular complexity index is 3670. The van der Waals surface area contributed by atoms with Crippen LogP contribution in [0.5, 0.6) is 0 Å². The molecule has 0 N–H and O–H groups in total. The summed E-state index contributed by atoms with van der Waals surface area (Å²) in [4.78, 5) is 20.5. The number of para-hydroxylation sites is 1. The first-order chi connectivity index (χ1) is 31.2. The molecule has 5 heteroatoms. The Morgan fingerprint density at radius 3 is 1.52 bits per heavy atom. The van der Waals surface area contributed by atoms with Gasteiger partial charge in [0.2, 0.25) is 0 Å². The first-order valence-electron chi connectivity index (χ1n) is 21.1. The molecule has 294 valence electrons. The van der Waals surface area contributed by atoms with Crippen molar-refractivity contribution in [1.29, 1.82) is 0 Å². The standard InChI is InChI=1S/C58H36N4S/c1-3-15-38(16-4-1)54-50-28-13-25-45(53(50)49-24-7-9-29-51(49)59-54)43-21-11-19-41(35-43)42-20-12-22-44(36-42)58-61-56(39-17-5-2-6-18-39)60-57(62-58)40-33-31-37(32-34-40)46-26-14-27-48-47-23-8-10-30-52(47)63-55(46)48/h1-36H. The van der Waals surface area contributed by atoms with E-state index in [1.54, 1.807) is 0 Å². The van der Waals surface area contributed by atoms with Crippen molar-refractivity contribution in [1.82, 2.24) is 19.9 Å². The SMILES string of the molecule is c1ccc(-c2nc(-c3ccc(-c4cccc5c4sc4ccccc45)cc3)nc(-c3cccc(-c4cccc(-c5cccc6c(-c7ccccc7)nc7ccccc7c56)c4)c3)n2)cc1. The zero-order valence-electron chi connectivity index (χ0n) is 34.0. The van der Waals surface area contributed by atoms with Crippen molar-refractivity contribution in [2.75, 3.05) is 0 Å². The van der Waals surface area contributed by atoms with Crippen LogP contribution in [0.3, 0.4) is 0 Å². The molecule has 3 heterocycles. The first-order valence-corrected chi connectivity index (χ1v) is 21.9. The minimum Gasteiger partial charge on any atom is -0.247 e.